The summed E-state index contributed by atoms with van der Waals surface area (Å²) in [6.07, 6.45) is 10.1. The molecular formula is C20H25N7O. The van der Waals surface area contributed by atoms with Gasteiger partial charge in [0.1, 0.15) is 0 Å². The fourth-order valence-corrected chi connectivity index (χ4v) is 3.42. The molecule has 8 nitrogen and oxygen atoms in total. The van der Waals surface area contributed by atoms with Gasteiger partial charge < -0.3 is 10.6 Å². The fourth-order valence-electron chi connectivity index (χ4n) is 3.42. The molecule has 1 fully saturated rings. The summed E-state index contributed by atoms with van der Waals surface area (Å²) in [4.78, 5) is 12.3. The van der Waals surface area contributed by atoms with Crippen LogP contribution in [0.25, 0.3) is 5.69 Å². The Morgan fingerprint density at radius 3 is 2.93 bits per heavy atom. The highest BCUT2D eigenvalue weighted by Crippen LogP contribution is 2.11. The van der Waals surface area contributed by atoms with Crippen molar-refractivity contribution in [2.45, 2.75) is 44.8 Å². The Morgan fingerprint density at radius 1 is 1.21 bits per heavy atom. The first kappa shape index (κ1) is 18.4. The number of aromatic nitrogens is 5. The van der Waals surface area contributed by atoms with Crippen LogP contribution >= 0.6 is 0 Å². The zero-order chi connectivity index (χ0) is 19.2. The van der Waals surface area contributed by atoms with Gasteiger partial charge in [-0.3, -0.25) is 9.48 Å². The first-order valence-electron chi connectivity index (χ1n) is 9.78. The number of para-hydroxylation sites is 1. The van der Waals surface area contributed by atoms with Crippen LogP contribution in [0.5, 0.6) is 0 Å². The van der Waals surface area contributed by atoms with Crippen molar-refractivity contribution in [1.82, 2.24) is 35.4 Å². The van der Waals surface area contributed by atoms with Gasteiger partial charge in [0.05, 0.1) is 18.1 Å². The van der Waals surface area contributed by atoms with E-state index in [-0.39, 0.29) is 5.91 Å². The second-order valence-corrected chi connectivity index (χ2v) is 7.11. The number of hydrogen-bond acceptors (Lipinski definition) is 5. The molecule has 8 heteroatoms. The Hall–Kier alpha value is -3.00. The molecule has 0 bridgehead atoms. The van der Waals surface area contributed by atoms with E-state index in [2.05, 4.69) is 26.0 Å². The maximum absolute atomic E-state index is 12.3. The summed E-state index contributed by atoms with van der Waals surface area (Å²) in [7, 11) is 0. The molecule has 1 aromatic carbocycles. The van der Waals surface area contributed by atoms with Gasteiger partial charge in [-0.1, -0.05) is 29.8 Å². The number of carbonyl (C=O) groups excluding carboxylic acids is 1. The summed E-state index contributed by atoms with van der Waals surface area (Å²) < 4.78 is 3.54. The second kappa shape index (κ2) is 8.79. The van der Waals surface area contributed by atoms with Crippen molar-refractivity contribution in [3.8, 4) is 5.69 Å². The summed E-state index contributed by atoms with van der Waals surface area (Å²) in [5.41, 5.74) is 2.25. The highest BCUT2D eigenvalue weighted by molar-refractivity contribution is 5.91. The van der Waals surface area contributed by atoms with E-state index >= 15 is 0 Å². The van der Waals surface area contributed by atoms with E-state index in [1.807, 2.05) is 36.5 Å². The molecule has 2 N–H and O–H groups in total. The van der Waals surface area contributed by atoms with Crippen LogP contribution in [0.15, 0.2) is 48.9 Å². The quantitative estimate of drug-likeness (QED) is 0.655. The minimum absolute atomic E-state index is 0.227. The van der Waals surface area contributed by atoms with Crippen LogP contribution in [-0.2, 0) is 13.1 Å². The maximum Gasteiger partial charge on any atom is 0.273 e. The summed E-state index contributed by atoms with van der Waals surface area (Å²) in [5, 5.41) is 18.8. The molecule has 0 spiro atoms. The molecule has 3 aromatic rings. The van der Waals surface area contributed by atoms with Gasteiger partial charge in [0.2, 0.25) is 0 Å². The van der Waals surface area contributed by atoms with Gasteiger partial charge in [0.25, 0.3) is 5.91 Å². The molecule has 1 aliphatic heterocycles. The van der Waals surface area contributed by atoms with E-state index in [4.69, 9.17) is 0 Å². The van der Waals surface area contributed by atoms with Crippen molar-refractivity contribution < 1.29 is 4.79 Å². The lowest BCUT2D eigenvalue weighted by Gasteiger charge is -2.23. The van der Waals surface area contributed by atoms with Gasteiger partial charge in [-0.05, 0) is 37.9 Å². The lowest BCUT2D eigenvalue weighted by Crippen LogP contribution is -2.34. The van der Waals surface area contributed by atoms with Gasteiger partial charge in [-0.15, -0.1) is 5.10 Å². The predicted octanol–water partition coefficient (Wildman–Crippen LogP) is 1.93. The Morgan fingerprint density at radius 2 is 2.11 bits per heavy atom. The lowest BCUT2D eigenvalue weighted by molar-refractivity contribution is 0.0946. The zero-order valence-corrected chi connectivity index (χ0v) is 15.8. The Bertz CT molecular complexity index is 896. The van der Waals surface area contributed by atoms with Crippen LogP contribution < -0.4 is 10.6 Å². The zero-order valence-electron chi connectivity index (χ0n) is 15.8. The monoisotopic (exact) mass is 379 g/mol. The predicted molar refractivity (Wildman–Crippen MR) is 105 cm³/mol. The van der Waals surface area contributed by atoms with Gasteiger partial charge >= 0.3 is 0 Å². The van der Waals surface area contributed by atoms with E-state index in [1.165, 1.54) is 19.3 Å². The third-order valence-electron chi connectivity index (χ3n) is 5.00. The van der Waals surface area contributed by atoms with Crippen LogP contribution in [0.4, 0.5) is 0 Å². The van der Waals surface area contributed by atoms with Crippen molar-refractivity contribution >= 4 is 5.91 Å². The highest BCUT2D eigenvalue weighted by atomic mass is 16.2. The Kier molecular flexibility index (Phi) is 5.77. The van der Waals surface area contributed by atoms with Crippen LogP contribution in [-0.4, -0.2) is 43.3 Å². The topological polar surface area (TPSA) is 89.7 Å². The van der Waals surface area contributed by atoms with Crippen molar-refractivity contribution in [1.29, 1.82) is 0 Å². The number of rotatable bonds is 7. The number of carbonyl (C=O) groups is 1. The molecule has 1 saturated heterocycles. The van der Waals surface area contributed by atoms with Gasteiger partial charge in [0.15, 0.2) is 5.69 Å². The van der Waals surface area contributed by atoms with Crippen LogP contribution in [0.1, 0.15) is 41.7 Å². The fraction of sp³-hybridized carbons (Fsp3) is 0.400. The van der Waals surface area contributed by atoms with E-state index in [0.717, 1.165) is 30.8 Å². The molecule has 4 rings (SSSR count). The van der Waals surface area contributed by atoms with Crippen molar-refractivity contribution in [3.63, 3.8) is 0 Å². The molecule has 1 atom stereocenters. The summed E-state index contributed by atoms with van der Waals surface area (Å²) in [6.45, 7) is 2.25. The summed E-state index contributed by atoms with van der Waals surface area (Å²) in [5.74, 6) is -0.227. The van der Waals surface area contributed by atoms with Crippen molar-refractivity contribution in [2.24, 2.45) is 0 Å². The van der Waals surface area contributed by atoms with Crippen LogP contribution in [0.2, 0.25) is 0 Å². The number of nitrogens with one attached hydrogen (secondary N) is 2. The number of aryl methyl sites for hydroxylation is 1. The third-order valence-corrected chi connectivity index (χ3v) is 5.00. The molecular weight excluding hydrogens is 354 g/mol. The maximum atomic E-state index is 12.3. The molecule has 1 aliphatic rings. The minimum atomic E-state index is -0.227. The summed E-state index contributed by atoms with van der Waals surface area (Å²) in [6, 6.07) is 10.4. The molecule has 0 radical (unpaired) electrons. The standard InChI is InChI=1S/C20H25N7O/c28-20(19-15-26(25-24-19)11-9-17-6-4-5-10-21-17)22-12-16-13-23-27(14-16)18-7-2-1-3-8-18/h1-3,7-8,13-15,17,21H,4-6,9-12H2,(H,22,28). The van der Waals surface area contributed by atoms with Crippen molar-refractivity contribution in [3.05, 3.63) is 60.2 Å². The number of nitrogens with zero attached hydrogens (tertiary/aromatic N) is 5. The molecule has 1 amide bonds. The largest absolute Gasteiger partial charge is 0.346 e. The summed E-state index contributed by atoms with van der Waals surface area (Å²) >= 11 is 0. The minimum Gasteiger partial charge on any atom is -0.346 e. The third kappa shape index (κ3) is 4.64. The van der Waals surface area contributed by atoms with Gasteiger partial charge in [-0.25, -0.2) is 4.68 Å². The average Bonchev–Trinajstić information content (AvgIpc) is 3.42. The van der Waals surface area contributed by atoms with Gasteiger partial charge in [-0.2, -0.15) is 5.10 Å². The van der Waals surface area contributed by atoms with E-state index in [9.17, 15) is 4.79 Å². The Balaban J connectivity index is 1.27. The van der Waals surface area contributed by atoms with E-state index < -0.39 is 0 Å². The van der Waals surface area contributed by atoms with Gasteiger partial charge in [0, 0.05) is 30.9 Å². The van der Waals surface area contributed by atoms with E-state index in [1.54, 1.807) is 21.8 Å². The first-order chi connectivity index (χ1) is 13.8. The normalized spacial score (nSPS) is 16.8. The lowest BCUT2D eigenvalue weighted by atomic mass is 10.0. The van der Waals surface area contributed by atoms with Crippen molar-refractivity contribution in [2.75, 3.05) is 6.54 Å². The average molecular weight is 379 g/mol. The number of piperidine rings is 1. The molecule has 1 unspecified atom stereocenters. The molecule has 2 aromatic heterocycles. The van der Waals surface area contributed by atoms with Crippen LogP contribution in [0.3, 0.4) is 0 Å². The first-order valence-corrected chi connectivity index (χ1v) is 9.78. The smallest absolute Gasteiger partial charge is 0.273 e. The molecule has 0 saturated carbocycles. The number of amides is 1. The van der Waals surface area contributed by atoms with E-state index in [0.29, 0.717) is 18.3 Å². The SMILES string of the molecule is O=C(NCc1cnn(-c2ccccc2)c1)c1cn(CCC2CCCCN2)nn1. The molecule has 3 heterocycles. The number of benzene rings is 1. The number of hydrogen-bond donors (Lipinski definition) is 2. The highest BCUT2D eigenvalue weighted by Gasteiger charge is 2.14. The molecule has 28 heavy (non-hydrogen) atoms. The molecule has 146 valence electrons. The molecule has 0 aliphatic carbocycles. The van der Waals surface area contributed by atoms with Crippen LogP contribution in [0, 0.1) is 0 Å². The Labute approximate surface area is 163 Å². The second-order valence-electron chi connectivity index (χ2n) is 7.11.